The summed E-state index contributed by atoms with van der Waals surface area (Å²) in [6, 6.07) is 17.3. The van der Waals surface area contributed by atoms with Crippen LogP contribution in [-0.2, 0) is 4.74 Å². The lowest BCUT2D eigenvalue weighted by atomic mass is 10.0. The maximum absolute atomic E-state index is 5.95. The number of morpholine rings is 1. The standard InChI is InChI=1S/C29H29N7O2/c1-18-27(19(2)38-34-18)21-8-9-25-24(12-21)29(35-10-11-37-17-26(35)20-6-4-3-5-7-20)33-28(32-25)22-13-31-36(16-22)23-14-30-15-23/h3-9,12-13,16,23,26,30H,10-11,14-15,17H2,1-2H3/t26-/m1/s1. The van der Waals surface area contributed by atoms with Crippen LogP contribution in [0.25, 0.3) is 33.4 Å². The van der Waals surface area contributed by atoms with Crippen LogP contribution in [0.2, 0.25) is 0 Å². The highest BCUT2D eigenvalue weighted by Gasteiger charge is 2.29. The molecule has 0 unspecified atom stereocenters. The average Bonchev–Trinajstić information content (AvgIpc) is 3.53. The van der Waals surface area contributed by atoms with Crippen LogP contribution >= 0.6 is 0 Å². The summed E-state index contributed by atoms with van der Waals surface area (Å²) in [6.45, 7) is 7.75. The fourth-order valence-corrected chi connectivity index (χ4v) is 5.43. The molecule has 9 heteroatoms. The van der Waals surface area contributed by atoms with Gasteiger partial charge in [0.1, 0.15) is 11.6 Å². The summed E-state index contributed by atoms with van der Waals surface area (Å²) in [4.78, 5) is 12.6. The highest BCUT2D eigenvalue weighted by atomic mass is 16.5. The topological polar surface area (TPSA) is 94.1 Å². The van der Waals surface area contributed by atoms with Gasteiger partial charge in [0.15, 0.2) is 5.82 Å². The minimum Gasteiger partial charge on any atom is -0.377 e. The zero-order valence-corrected chi connectivity index (χ0v) is 21.5. The van der Waals surface area contributed by atoms with Gasteiger partial charge in [0.2, 0.25) is 0 Å². The van der Waals surface area contributed by atoms with Crippen molar-refractivity contribution < 1.29 is 9.26 Å². The van der Waals surface area contributed by atoms with E-state index >= 15 is 0 Å². The van der Waals surface area contributed by atoms with Crippen molar-refractivity contribution in [2.45, 2.75) is 25.9 Å². The van der Waals surface area contributed by atoms with E-state index < -0.39 is 0 Å². The lowest BCUT2D eigenvalue weighted by molar-refractivity contribution is 0.0939. The number of nitrogens with zero attached hydrogens (tertiary/aromatic N) is 6. The highest BCUT2D eigenvalue weighted by molar-refractivity contribution is 5.95. The van der Waals surface area contributed by atoms with Gasteiger partial charge in [0, 0.05) is 36.8 Å². The largest absolute Gasteiger partial charge is 0.377 e. The molecule has 0 spiro atoms. The van der Waals surface area contributed by atoms with E-state index in [9.17, 15) is 0 Å². The molecule has 2 fully saturated rings. The fourth-order valence-electron chi connectivity index (χ4n) is 5.43. The van der Waals surface area contributed by atoms with E-state index in [0.717, 1.165) is 64.5 Å². The molecule has 0 amide bonds. The zero-order chi connectivity index (χ0) is 25.6. The van der Waals surface area contributed by atoms with Gasteiger partial charge in [-0.2, -0.15) is 5.10 Å². The van der Waals surface area contributed by atoms with Gasteiger partial charge in [-0.1, -0.05) is 41.6 Å². The summed E-state index contributed by atoms with van der Waals surface area (Å²) in [7, 11) is 0. The summed E-state index contributed by atoms with van der Waals surface area (Å²) >= 11 is 0. The summed E-state index contributed by atoms with van der Waals surface area (Å²) < 4.78 is 13.4. The van der Waals surface area contributed by atoms with Crippen molar-refractivity contribution in [2.24, 2.45) is 0 Å². The summed E-state index contributed by atoms with van der Waals surface area (Å²) in [6.07, 6.45) is 3.93. The second kappa shape index (κ2) is 9.34. The Morgan fingerprint density at radius 3 is 2.63 bits per heavy atom. The van der Waals surface area contributed by atoms with Crippen LogP contribution in [0, 0.1) is 13.8 Å². The van der Waals surface area contributed by atoms with E-state index in [-0.39, 0.29) is 6.04 Å². The van der Waals surface area contributed by atoms with Crippen molar-refractivity contribution in [3.8, 4) is 22.5 Å². The first kappa shape index (κ1) is 23.1. The van der Waals surface area contributed by atoms with Crippen LogP contribution in [-0.4, -0.2) is 57.8 Å². The van der Waals surface area contributed by atoms with Crippen LogP contribution in [0.4, 0.5) is 5.82 Å². The molecule has 0 radical (unpaired) electrons. The molecule has 5 heterocycles. The van der Waals surface area contributed by atoms with Crippen LogP contribution < -0.4 is 10.2 Å². The average molecular weight is 508 g/mol. The third kappa shape index (κ3) is 3.95. The lowest BCUT2D eigenvalue weighted by Crippen LogP contribution is -2.43. The molecule has 9 nitrogen and oxygen atoms in total. The number of aromatic nitrogens is 5. The second-order valence-corrected chi connectivity index (χ2v) is 10.0. The summed E-state index contributed by atoms with van der Waals surface area (Å²) in [5.74, 6) is 2.37. The first-order chi connectivity index (χ1) is 18.7. The molecule has 0 aliphatic carbocycles. The van der Waals surface area contributed by atoms with E-state index in [1.807, 2.05) is 30.8 Å². The molecular formula is C29H29N7O2. The number of hydrogen-bond donors (Lipinski definition) is 1. The molecule has 2 saturated heterocycles. The van der Waals surface area contributed by atoms with Crippen molar-refractivity contribution >= 4 is 16.7 Å². The van der Waals surface area contributed by atoms with Crippen LogP contribution in [0.5, 0.6) is 0 Å². The molecule has 192 valence electrons. The predicted octanol–water partition coefficient (Wildman–Crippen LogP) is 4.49. The van der Waals surface area contributed by atoms with Crippen LogP contribution in [0.15, 0.2) is 65.4 Å². The molecule has 0 saturated carbocycles. The number of fused-ring (bicyclic) bond motifs is 1. The van der Waals surface area contributed by atoms with Crippen LogP contribution in [0.3, 0.4) is 0 Å². The van der Waals surface area contributed by atoms with Crippen LogP contribution in [0.1, 0.15) is 29.1 Å². The van der Waals surface area contributed by atoms with Gasteiger partial charge in [-0.3, -0.25) is 4.68 Å². The Morgan fingerprint density at radius 2 is 1.87 bits per heavy atom. The molecule has 7 rings (SSSR count). The van der Waals surface area contributed by atoms with Gasteiger partial charge < -0.3 is 19.5 Å². The second-order valence-electron chi connectivity index (χ2n) is 10.0. The lowest BCUT2D eigenvalue weighted by Gasteiger charge is -2.37. The Hall–Kier alpha value is -4.08. The molecule has 1 N–H and O–H groups in total. The van der Waals surface area contributed by atoms with Gasteiger partial charge in [-0.25, -0.2) is 9.97 Å². The normalized spacial score (nSPS) is 18.2. The monoisotopic (exact) mass is 507 g/mol. The first-order valence-corrected chi connectivity index (χ1v) is 13.1. The molecule has 3 aromatic heterocycles. The van der Waals surface area contributed by atoms with Crippen molar-refractivity contribution in [3.63, 3.8) is 0 Å². The van der Waals surface area contributed by atoms with E-state index in [1.54, 1.807) is 0 Å². The Kier molecular flexibility index (Phi) is 5.67. The first-order valence-electron chi connectivity index (χ1n) is 13.1. The predicted molar refractivity (Wildman–Crippen MR) is 145 cm³/mol. The van der Waals surface area contributed by atoms with Crippen molar-refractivity contribution in [3.05, 3.63) is 77.9 Å². The van der Waals surface area contributed by atoms with Gasteiger partial charge in [-0.05, 0) is 37.1 Å². The molecule has 2 aromatic carbocycles. The van der Waals surface area contributed by atoms with Gasteiger partial charge in [0.05, 0.1) is 48.3 Å². The smallest absolute Gasteiger partial charge is 0.165 e. The fraction of sp³-hybridized carbons (Fsp3) is 0.310. The minimum atomic E-state index is 0.0439. The van der Waals surface area contributed by atoms with Gasteiger partial charge >= 0.3 is 0 Å². The van der Waals surface area contributed by atoms with Crippen molar-refractivity contribution in [1.29, 1.82) is 0 Å². The minimum absolute atomic E-state index is 0.0439. The molecule has 1 atom stereocenters. The molecule has 38 heavy (non-hydrogen) atoms. The molecule has 5 aromatic rings. The third-order valence-corrected chi connectivity index (χ3v) is 7.58. The third-order valence-electron chi connectivity index (χ3n) is 7.58. The number of ether oxygens (including phenoxy) is 1. The Morgan fingerprint density at radius 1 is 1.00 bits per heavy atom. The molecule has 2 aliphatic heterocycles. The maximum Gasteiger partial charge on any atom is 0.165 e. The number of benzene rings is 2. The van der Waals surface area contributed by atoms with E-state index in [0.29, 0.717) is 25.1 Å². The highest BCUT2D eigenvalue weighted by Crippen LogP contribution is 2.37. The van der Waals surface area contributed by atoms with Gasteiger partial charge in [-0.15, -0.1) is 0 Å². The number of aryl methyl sites for hydroxylation is 2. The number of anilines is 1. The number of nitrogens with one attached hydrogen (secondary N) is 1. The SMILES string of the molecule is Cc1noc(C)c1-c1ccc2nc(-c3cnn(C4CNC4)c3)nc(N3CCOC[C@@H]3c3ccccc3)c2c1. The summed E-state index contributed by atoms with van der Waals surface area (Å²) in [5, 5.41) is 13.1. The Balaban J connectivity index is 1.40. The maximum atomic E-state index is 5.95. The Labute approximate surface area is 220 Å². The summed E-state index contributed by atoms with van der Waals surface area (Å²) in [5.41, 5.74) is 5.93. The molecule has 2 aliphatic rings. The van der Waals surface area contributed by atoms with Crippen molar-refractivity contribution in [2.75, 3.05) is 37.7 Å². The molecule has 0 bridgehead atoms. The van der Waals surface area contributed by atoms with Gasteiger partial charge in [0.25, 0.3) is 0 Å². The van der Waals surface area contributed by atoms with E-state index in [4.69, 9.17) is 19.2 Å². The number of hydrogen-bond acceptors (Lipinski definition) is 8. The van der Waals surface area contributed by atoms with Crippen molar-refractivity contribution in [1.82, 2.24) is 30.2 Å². The van der Waals surface area contributed by atoms with E-state index in [1.165, 1.54) is 5.56 Å². The number of rotatable bonds is 5. The quantitative estimate of drug-likeness (QED) is 0.372. The molecular weight excluding hydrogens is 478 g/mol. The zero-order valence-electron chi connectivity index (χ0n) is 21.5. The Bertz CT molecular complexity index is 1590. The van der Waals surface area contributed by atoms with E-state index in [2.05, 4.69) is 69.1 Å².